The number of rotatable bonds is 8. The van der Waals surface area contributed by atoms with Gasteiger partial charge < -0.3 is 10.6 Å². The van der Waals surface area contributed by atoms with Crippen LogP contribution in [0.2, 0.25) is 5.02 Å². The van der Waals surface area contributed by atoms with E-state index in [1.165, 1.54) is 0 Å². The zero-order chi connectivity index (χ0) is 24.6. The van der Waals surface area contributed by atoms with Crippen molar-refractivity contribution in [3.05, 3.63) is 101 Å². The highest BCUT2D eigenvalue weighted by molar-refractivity contribution is 6.33. The van der Waals surface area contributed by atoms with Gasteiger partial charge in [-0.3, -0.25) is 19.4 Å². The van der Waals surface area contributed by atoms with E-state index >= 15 is 0 Å². The molecule has 1 fully saturated rings. The van der Waals surface area contributed by atoms with Gasteiger partial charge in [0.1, 0.15) is 0 Å². The minimum atomic E-state index is -0.274. The smallest absolute Gasteiger partial charge is 0.238 e. The van der Waals surface area contributed by atoms with Crippen molar-refractivity contribution in [1.29, 1.82) is 0 Å². The summed E-state index contributed by atoms with van der Waals surface area (Å²) in [5, 5.41) is 6.65. The van der Waals surface area contributed by atoms with E-state index in [4.69, 9.17) is 11.6 Å². The first kappa shape index (κ1) is 24.9. The largest absolute Gasteiger partial charge is 0.344 e. The third-order valence-corrected chi connectivity index (χ3v) is 6.73. The summed E-state index contributed by atoms with van der Waals surface area (Å²) in [6, 6.07) is 26.8. The highest BCUT2D eigenvalue weighted by atomic mass is 35.5. The van der Waals surface area contributed by atoms with E-state index in [-0.39, 0.29) is 23.9 Å². The second kappa shape index (κ2) is 12.0. The van der Waals surface area contributed by atoms with Crippen LogP contribution >= 0.6 is 11.6 Å². The first-order valence-electron chi connectivity index (χ1n) is 11.9. The van der Waals surface area contributed by atoms with Crippen LogP contribution in [-0.2, 0) is 9.59 Å². The predicted octanol–water partition coefficient (Wildman–Crippen LogP) is 4.19. The SMILES string of the molecule is C[C@@H](C(=O)NC(c1ccccc1)c1ccccc1)N1CCN(CC(=O)Nc2ccccc2Cl)CC1. The maximum Gasteiger partial charge on any atom is 0.238 e. The number of carbonyl (C=O) groups excluding carboxylic acids is 2. The van der Waals surface area contributed by atoms with Gasteiger partial charge in [-0.1, -0.05) is 84.4 Å². The molecule has 6 nitrogen and oxygen atoms in total. The van der Waals surface area contributed by atoms with E-state index < -0.39 is 0 Å². The average Bonchev–Trinajstić information content (AvgIpc) is 2.89. The Hall–Kier alpha value is -3.19. The van der Waals surface area contributed by atoms with Gasteiger partial charge in [0.25, 0.3) is 0 Å². The third kappa shape index (κ3) is 6.69. The quantitative estimate of drug-likeness (QED) is 0.497. The third-order valence-electron chi connectivity index (χ3n) is 6.40. The van der Waals surface area contributed by atoms with E-state index in [9.17, 15) is 9.59 Å². The number of anilines is 1. The summed E-state index contributed by atoms with van der Waals surface area (Å²) >= 11 is 6.14. The van der Waals surface area contributed by atoms with Crippen LogP contribution in [0.5, 0.6) is 0 Å². The highest BCUT2D eigenvalue weighted by Gasteiger charge is 2.28. The molecule has 2 N–H and O–H groups in total. The van der Waals surface area contributed by atoms with Gasteiger partial charge in [-0.25, -0.2) is 0 Å². The second-order valence-corrected chi connectivity index (χ2v) is 9.19. The molecule has 0 saturated carbocycles. The fourth-order valence-corrected chi connectivity index (χ4v) is 4.53. The number of piperazine rings is 1. The zero-order valence-electron chi connectivity index (χ0n) is 19.9. The summed E-state index contributed by atoms with van der Waals surface area (Å²) in [5.74, 6) is -0.0986. The Kier molecular flexibility index (Phi) is 8.53. The lowest BCUT2D eigenvalue weighted by Crippen LogP contribution is -2.55. The maximum atomic E-state index is 13.3. The molecule has 0 aromatic heterocycles. The molecule has 7 heteroatoms. The molecule has 0 spiro atoms. The molecule has 4 rings (SSSR count). The summed E-state index contributed by atoms with van der Waals surface area (Å²) in [6.07, 6.45) is 0. The number of benzene rings is 3. The Morgan fingerprint density at radius 2 is 1.37 bits per heavy atom. The summed E-state index contributed by atoms with van der Waals surface area (Å²) in [4.78, 5) is 30.0. The van der Waals surface area contributed by atoms with Crippen molar-refractivity contribution in [2.45, 2.75) is 19.0 Å². The van der Waals surface area contributed by atoms with Crippen LogP contribution in [0, 0.1) is 0 Å². The Morgan fingerprint density at radius 1 is 0.829 bits per heavy atom. The van der Waals surface area contributed by atoms with Gasteiger partial charge in [0.05, 0.1) is 29.3 Å². The van der Waals surface area contributed by atoms with Crippen LogP contribution in [0.4, 0.5) is 5.69 Å². The molecule has 1 aliphatic rings. The monoisotopic (exact) mass is 490 g/mol. The van der Waals surface area contributed by atoms with Crippen molar-refractivity contribution in [2.24, 2.45) is 0 Å². The fraction of sp³-hybridized carbons (Fsp3) is 0.286. The summed E-state index contributed by atoms with van der Waals surface area (Å²) in [7, 11) is 0. The Morgan fingerprint density at radius 3 is 1.94 bits per heavy atom. The van der Waals surface area contributed by atoms with E-state index in [0.717, 1.165) is 24.2 Å². The van der Waals surface area contributed by atoms with Crippen molar-refractivity contribution in [1.82, 2.24) is 15.1 Å². The lowest BCUT2D eigenvalue weighted by Gasteiger charge is -2.37. The van der Waals surface area contributed by atoms with Crippen molar-refractivity contribution < 1.29 is 9.59 Å². The predicted molar refractivity (Wildman–Crippen MR) is 140 cm³/mol. The molecular formula is C28H31ClN4O2. The van der Waals surface area contributed by atoms with Gasteiger partial charge in [-0.15, -0.1) is 0 Å². The minimum absolute atomic E-state index is 0.00683. The average molecular weight is 491 g/mol. The number of halogens is 1. The molecule has 1 atom stereocenters. The number of hydrogen-bond donors (Lipinski definition) is 2. The molecule has 1 saturated heterocycles. The molecule has 1 heterocycles. The van der Waals surface area contributed by atoms with Crippen molar-refractivity contribution in [3.8, 4) is 0 Å². The molecular weight excluding hydrogens is 460 g/mol. The van der Waals surface area contributed by atoms with Gasteiger partial charge >= 0.3 is 0 Å². The number of hydrogen-bond acceptors (Lipinski definition) is 4. The van der Waals surface area contributed by atoms with Crippen LogP contribution < -0.4 is 10.6 Å². The highest BCUT2D eigenvalue weighted by Crippen LogP contribution is 2.23. The van der Waals surface area contributed by atoms with Crippen molar-refractivity contribution in [3.63, 3.8) is 0 Å². The van der Waals surface area contributed by atoms with Crippen LogP contribution in [-0.4, -0.2) is 60.4 Å². The Balaban J connectivity index is 1.31. The van der Waals surface area contributed by atoms with E-state index in [1.807, 2.05) is 79.7 Å². The number of nitrogens with one attached hydrogen (secondary N) is 2. The number of amides is 2. The van der Waals surface area contributed by atoms with Gasteiger partial charge in [0.2, 0.25) is 11.8 Å². The van der Waals surface area contributed by atoms with Crippen molar-refractivity contribution in [2.75, 3.05) is 38.0 Å². The molecule has 0 unspecified atom stereocenters. The van der Waals surface area contributed by atoms with Crippen molar-refractivity contribution >= 4 is 29.1 Å². The van der Waals surface area contributed by atoms with Crippen LogP contribution in [0.15, 0.2) is 84.9 Å². The van der Waals surface area contributed by atoms with Gasteiger partial charge in [0.15, 0.2) is 0 Å². The Labute approximate surface area is 211 Å². The maximum absolute atomic E-state index is 13.3. The van der Waals surface area contributed by atoms with E-state index in [0.29, 0.717) is 30.3 Å². The standard InChI is InChI=1S/C28H31ClN4O2/c1-21(28(35)31-27(22-10-4-2-5-11-22)23-12-6-3-7-13-23)33-18-16-32(17-19-33)20-26(34)30-25-15-9-8-14-24(25)29/h2-15,21,27H,16-20H2,1H3,(H,30,34)(H,31,35)/t21-/m0/s1. The molecule has 0 aliphatic carbocycles. The second-order valence-electron chi connectivity index (χ2n) is 8.78. The number of carbonyl (C=O) groups is 2. The van der Waals surface area contributed by atoms with Gasteiger partial charge in [-0.05, 0) is 30.2 Å². The minimum Gasteiger partial charge on any atom is -0.344 e. The van der Waals surface area contributed by atoms with Gasteiger partial charge in [0, 0.05) is 26.2 Å². The molecule has 35 heavy (non-hydrogen) atoms. The van der Waals surface area contributed by atoms with Gasteiger partial charge in [-0.2, -0.15) is 0 Å². The van der Waals surface area contributed by atoms with Crippen LogP contribution in [0.3, 0.4) is 0 Å². The molecule has 1 aliphatic heterocycles. The van der Waals surface area contributed by atoms with E-state index in [1.54, 1.807) is 12.1 Å². The first-order valence-corrected chi connectivity index (χ1v) is 12.3. The zero-order valence-corrected chi connectivity index (χ0v) is 20.6. The Bertz CT molecular complexity index is 1080. The topological polar surface area (TPSA) is 64.7 Å². The number of nitrogens with zero attached hydrogens (tertiary/aromatic N) is 2. The van der Waals surface area contributed by atoms with Crippen LogP contribution in [0.25, 0.3) is 0 Å². The molecule has 3 aromatic rings. The lowest BCUT2D eigenvalue weighted by atomic mass is 9.98. The molecule has 0 bridgehead atoms. The van der Waals surface area contributed by atoms with Crippen LogP contribution in [0.1, 0.15) is 24.1 Å². The number of para-hydroxylation sites is 1. The lowest BCUT2D eigenvalue weighted by molar-refractivity contribution is -0.127. The van der Waals surface area contributed by atoms with E-state index in [2.05, 4.69) is 20.4 Å². The molecule has 2 amide bonds. The first-order chi connectivity index (χ1) is 17.0. The fourth-order valence-electron chi connectivity index (χ4n) is 4.34. The summed E-state index contributed by atoms with van der Waals surface area (Å²) in [5.41, 5.74) is 2.72. The molecule has 0 radical (unpaired) electrons. The summed E-state index contributed by atoms with van der Waals surface area (Å²) in [6.45, 7) is 5.11. The molecule has 182 valence electrons. The normalized spacial score (nSPS) is 15.5. The molecule has 3 aromatic carbocycles. The summed E-state index contributed by atoms with van der Waals surface area (Å²) < 4.78 is 0.